The van der Waals surface area contributed by atoms with Crippen LogP contribution in [0.1, 0.15) is 5.56 Å². The topological polar surface area (TPSA) is 52.7 Å². The smallest absolute Gasteiger partial charge is 0.368 e. The first-order valence-electron chi connectivity index (χ1n) is 8.42. The summed E-state index contributed by atoms with van der Waals surface area (Å²) in [6.07, 6.45) is -4.52. The number of amides is 2. The summed E-state index contributed by atoms with van der Waals surface area (Å²) in [5.74, 6) is -1.69. The Morgan fingerprint density at radius 2 is 1.56 bits per heavy atom. The van der Waals surface area contributed by atoms with Gasteiger partial charge in [0.05, 0.1) is 5.56 Å². The van der Waals surface area contributed by atoms with E-state index in [1.165, 1.54) is 17.0 Å². The van der Waals surface area contributed by atoms with E-state index in [-0.39, 0.29) is 5.69 Å². The number of nitrogens with one attached hydrogen (secondary N) is 1. The molecule has 0 aliphatic carbocycles. The average Bonchev–Trinajstić information content (AvgIpc) is 2.68. The molecule has 1 aliphatic rings. The number of carbonyl (C=O) groups is 2. The molecule has 0 radical (unpaired) electrons. The normalized spacial score (nSPS) is 14.8. The minimum absolute atomic E-state index is 0.0638. The maximum Gasteiger partial charge on any atom is 0.416 e. The molecule has 0 aromatic heterocycles. The fourth-order valence-corrected chi connectivity index (χ4v) is 2.91. The number of halogens is 3. The fraction of sp³-hybridized carbons (Fsp3) is 0.263. The van der Waals surface area contributed by atoms with Gasteiger partial charge >= 0.3 is 18.0 Å². The molecule has 1 heterocycles. The molecule has 1 saturated heterocycles. The van der Waals surface area contributed by atoms with E-state index < -0.39 is 23.6 Å². The largest absolute Gasteiger partial charge is 0.416 e. The monoisotopic (exact) mass is 377 g/mol. The Labute approximate surface area is 154 Å². The molecule has 0 spiro atoms. The lowest BCUT2D eigenvalue weighted by Crippen LogP contribution is -2.51. The van der Waals surface area contributed by atoms with Crippen LogP contribution in [-0.2, 0) is 15.8 Å². The maximum atomic E-state index is 12.7. The predicted molar refractivity (Wildman–Crippen MR) is 95.3 cm³/mol. The van der Waals surface area contributed by atoms with Gasteiger partial charge in [-0.2, -0.15) is 13.2 Å². The van der Waals surface area contributed by atoms with Crippen molar-refractivity contribution < 1.29 is 22.8 Å². The molecular formula is C19H18F3N3O2. The van der Waals surface area contributed by atoms with Gasteiger partial charge in [-0.25, -0.2) is 0 Å². The van der Waals surface area contributed by atoms with E-state index in [1.54, 1.807) is 0 Å². The highest BCUT2D eigenvalue weighted by Gasteiger charge is 2.31. The number of benzene rings is 2. The highest BCUT2D eigenvalue weighted by atomic mass is 19.4. The van der Waals surface area contributed by atoms with Crippen LogP contribution in [0, 0.1) is 0 Å². The molecule has 0 unspecified atom stereocenters. The summed E-state index contributed by atoms with van der Waals surface area (Å²) in [5, 5.41) is 2.25. The standard InChI is InChI=1S/C19H18F3N3O2/c20-19(21,22)14-5-4-6-15(13-14)23-17(26)18(27)25-11-9-24(10-12-25)16-7-2-1-3-8-16/h1-8,13H,9-12H2,(H,23,26). The molecule has 0 bridgehead atoms. The highest BCUT2D eigenvalue weighted by molar-refractivity contribution is 6.39. The number of hydrogen-bond donors (Lipinski definition) is 1. The van der Waals surface area contributed by atoms with Gasteiger partial charge in [0.1, 0.15) is 0 Å². The minimum Gasteiger partial charge on any atom is -0.368 e. The number of hydrogen-bond acceptors (Lipinski definition) is 3. The van der Waals surface area contributed by atoms with E-state index in [4.69, 9.17) is 0 Å². The van der Waals surface area contributed by atoms with Crippen molar-refractivity contribution in [2.24, 2.45) is 0 Å². The molecule has 1 aliphatic heterocycles. The Kier molecular flexibility index (Phi) is 5.34. The van der Waals surface area contributed by atoms with Gasteiger partial charge in [-0.3, -0.25) is 9.59 Å². The third-order valence-electron chi connectivity index (χ3n) is 4.33. The number of rotatable bonds is 2. The summed E-state index contributed by atoms with van der Waals surface area (Å²) >= 11 is 0. The lowest BCUT2D eigenvalue weighted by Gasteiger charge is -2.35. The Morgan fingerprint density at radius 1 is 0.889 bits per heavy atom. The average molecular weight is 377 g/mol. The molecular weight excluding hydrogens is 359 g/mol. The van der Waals surface area contributed by atoms with Crippen molar-refractivity contribution in [3.63, 3.8) is 0 Å². The minimum atomic E-state index is -4.52. The van der Waals surface area contributed by atoms with Crippen LogP contribution in [0.5, 0.6) is 0 Å². The first-order chi connectivity index (χ1) is 12.8. The summed E-state index contributed by atoms with van der Waals surface area (Å²) < 4.78 is 38.2. The molecule has 27 heavy (non-hydrogen) atoms. The third kappa shape index (κ3) is 4.58. The van der Waals surface area contributed by atoms with Crippen LogP contribution < -0.4 is 10.2 Å². The highest BCUT2D eigenvalue weighted by Crippen LogP contribution is 2.30. The van der Waals surface area contributed by atoms with Crippen molar-refractivity contribution in [1.82, 2.24) is 4.90 Å². The van der Waals surface area contributed by atoms with Crippen LogP contribution in [0.25, 0.3) is 0 Å². The SMILES string of the molecule is O=C(Nc1cccc(C(F)(F)F)c1)C(=O)N1CCN(c2ccccc2)CC1. The molecule has 2 aromatic rings. The number of alkyl halides is 3. The van der Waals surface area contributed by atoms with Crippen LogP contribution in [-0.4, -0.2) is 42.9 Å². The van der Waals surface area contributed by atoms with Gasteiger partial charge in [0.15, 0.2) is 0 Å². The van der Waals surface area contributed by atoms with Crippen LogP contribution in [0.4, 0.5) is 24.5 Å². The molecule has 3 rings (SSSR count). The van der Waals surface area contributed by atoms with Gasteiger partial charge < -0.3 is 15.1 Å². The Morgan fingerprint density at radius 3 is 2.19 bits per heavy atom. The van der Waals surface area contributed by atoms with Gasteiger partial charge in [0.2, 0.25) is 0 Å². The maximum absolute atomic E-state index is 12.7. The molecule has 1 fully saturated rings. The summed E-state index contributed by atoms with van der Waals surface area (Å²) in [6, 6.07) is 13.9. The predicted octanol–water partition coefficient (Wildman–Crippen LogP) is 2.99. The van der Waals surface area contributed by atoms with Crippen molar-refractivity contribution in [3.05, 3.63) is 60.2 Å². The Hall–Kier alpha value is -3.03. The molecule has 1 N–H and O–H groups in total. The Balaban J connectivity index is 1.58. The number of piperazine rings is 1. The van der Waals surface area contributed by atoms with E-state index in [9.17, 15) is 22.8 Å². The molecule has 5 nitrogen and oxygen atoms in total. The van der Waals surface area contributed by atoms with E-state index in [2.05, 4.69) is 10.2 Å². The second-order valence-corrected chi connectivity index (χ2v) is 6.15. The van der Waals surface area contributed by atoms with Gasteiger partial charge in [-0.1, -0.05) is 24.3 Å². The molecule has 142 valence electrons. The van der Waals surface area contributed by atoms with E-state index in [1.807, 2.05) is 30.3 Å². The summed E-state index contributed by atoms with van der Waals surface area (Å²) in [7, 11) is 0. The molecule has 0 atom stereocenters. The fourth-order valence-electron chi connectivity index (χ4n) is 2.91. The number of carbonyl (C=O) groups excluding carboxylic acids is 2. The zero-order valence-electron chi connectivity index (χ0n) is 14.4. The summed E-state index contributed by atoms with van der Waals surface area (Å²) in [6.45, 7) is 1.88. The van der Waals surface area contributed by atoms with Crippen molar-refractivity contribution in [1.29, 1.82) is 0 Å². The van der Waals surface area contributed by atoms with Crippen molar-refractivity contribution >= 4 is 23.2 Å². The van der Waals surface area contributed by atoms with Gasteiger partial charge in [0, 0.05) is 37.6 Å². The van der Waals surface area contributed by atoms with Crippen LogP contribution in [0.15, 0.2) is 54.6 Å². The molecule has 8 heteroatoms. The first-order valence-corrected chi connectivity index (χ1v) is 8.42. The van der Waals surface area contributed by atoms with E-state index in [0.717, 1.165) is 17.8 Å². The lowest BCUT2D eigenvalue weighted by molar-refractivity contribution is -0.143. The van der Waals surface area contributed by atoms with Gasteiger partial charge in [-0.05, 0) is 30.3 Å². The second-order valence-electron chi connectivity index (χ2n) is 6.15. The van der Waals surface area contributed by atoms with Crippen LogP contribution in [0.3, 0.4) is 0 Å². The summed E-state index contributed by atoms with van der Waals surface area (Å²) in [5.41, 5.74) is 0.0911. The van der Waals surface area contributed by atoms with Crippen molar-refractivity contribution in [2.45, 2.75) is 6.18 Å². The number of anilines is 2. The van der Waals surface area contributed by atoms with Gasteiger partial charge in [0.25, 0.3) is 0 Å². The van der Waals surface area contributed by atoms with E-state index >= 15 is 0 Å². The Bertz CT molecular complexity index is 816. The second kappa shape index (κ2) is 7.69. The summed E-state index contributed by atoms with van der Waals surface area (Å²) in [4.78, 5) is 27.9. The first kappa shape index (κ1) is 18.8. The van der Waals surface area contributed by atoms with Crippen molar-refractivity contribution in [3.8, 4) is 0 Å². The lowest BCUT2D eigenvalue weighted by atomic mass is 10.2. The number of para-hydroxylation sites is 1. The van der Waals surface area contributed by atoms with Crippen LogP contribution >= 0.6 is 0 Å². The van der Waals surface area contributed by atoms with Gasteiger partial charge in [-0.15, -0.1) is 0 Å². The third-order valence-corrected chi connectivity index (χ3v) is 4.33. The van der Waals surface area contributed by atoms with Crippen LogP contribution in [0.2, 0.25) is 0 Å². The molecule has 2 aromatic carbocycles. The zero-order valence-corrected chi connectivity index (χ0v) is 14.4. The molecule has 0 saturated carbocycles. The number of nitrogens with zero attached hydrogens (tertiary/aromatic N) is 2. The van der Waals surface area contributed by atoms with Crippen molar-refractivity contribution in [2.75, 3.05) is 36.4 Å². The quantitative estimate of drug-likeness (QED) is 0.819. The van der Waals surface area contributed by atoms with E-state index in [0.29, 0.717) is 26.2 Å². The zero-order chi connectivity index (χ0) is 19.4. The molecule has 2 amide bonds.